The van der Waals surface area contributed by atoms with Gasteiger partial charge in [-0.1, -0.05) is 17.7 Å². The van der Waals surface area contributed by atoms with Crippen molar-refractivity contribution in [2.75, 3.05) is 7.05 Å². The molecular weight excluding hydrogens is 256 g/mol. The predicted molar refractivity (Wildman–Crippen MR) is 74.2 cm³/mol. The molecule has 5 nitrogen and oxygen atoms in total. The van der Waals surface area contributed by atoms with Gasteiger partial charge in [-0.05, 0) is 25.0 Å². The standard InChI is InChI=1S/C15H18N2O3/c1-10-5-6-12-11(8-10)9-17(15(12)20)13(4-3-7-18)14(19)16-2/h5-8,13H,3-4,9H2,1-2H3,(H,16,19). The van der Waals surface area contributed by atoms with Crippen molar-refractivity contribution in [2.24, 2.45) is 0 Å². The van der Waals surface area contributed by atoms with Crippen LogP contribution in [0.15, 0.2) is 18.2 Å². The summed E-state index contributed by atoms with van der Waals surface area (Å²) in [6.45, 7) is 2.39. The lowest BCUT2D eigenvalue weighted by Crippen LogP contribution is -2.46. The van der Waals surface area contributed by atoms with E-state index in [0.717, 1.165) is 17.4 Å². The topological polar surface area (TPSA) is 66.5 Å². The fraction of sp³-hybridized carbons (Fsp3) is 0.400. The van der Waals surface area contributed by atoms with Gasteiger partial charge in [0.1, 0.15) is 12.3 Å². The Morgan fingerprint density at radius 1 is 1.50 bits per heavy atom. The summed E-state index contributed by atoms with van der Waals surface area (Å²) < 4.78 is 0. The van der Waals surface area contributed by atoms with Gasteiger partial charge in [0, 0.05) is 25.6 Å². The molecule has 1 N–H and O–H groups in total. The minimum absolute atomic E-state index is 0.139. The number of rotatable bonds is 5. The summed E-state index contributed by atoms with van der Waals surface area (Å²) in [5, 5.41) is 2.56. The second-order valence-electron chi connectivity index (χ2n) is 4.97. The summed E-state index contributed by atoms with van der Waals surface area (Å²) in [4.78, 5) is 36.4. The Bertz CT molecular complexity index is 554. The van der Waals surface area contributed by atoms with Crippen LogP contribution in [0.1, 0.15) is 34.3 Å². The van der Waals surface area contributed by atoms with Crippen molar-refractivity contribution in [3.05, 3.63) is 34.9 Å². The Hall–Kier alpha value is -2.17. The smallest absolute Gasteiger partial charge is 0.255 e. The van der Waals surface area contributed by atoms with Gasteiger partial charge in [0.05, 0.1) is 0 Å². The number of benzene rings is 1. The number of carbonyl (C=O) groups excluding carboxylic acids is 3. The van der Waals surface area contributed by atoms with Crippen LogP contribution < -0.4 is 5.32 Å². The van der Waals surface area contributed by atoms with Crippen molar-refractivity contribution >= 4 is 18.1 Å². The van der Waals surface area contributed by atoms with Crippen LogP contribution in [0.25, 0.3) is 0 Å². The maximum atomic E-state index is 12.4. The molecule has 1 unspecified atom stereocenters. The predicted octanol–water partition coefficient (Wildman–Crippen LogP) is 1.04. The molecule has 0 aromatic heterocycles. The molecule has 1 aliphatic heterocycles. The molecular formula is C15H18N2O3. The van der Waals surface area contributed by atoms with E-state index < -0.39 is 6.04 Å². The molecule has 0 bridgehead atoms. The number of hydrogen-bond acceptors (Lipinski definition) is 3. The number of amides is 2. The molecule has 1 heterocycles. The fourth-order valence-electron chi connectivity index (χ4n) is 2.54. The van der Waals surface area contributed by atoms with Crippen LogP contribution in [-0.4, -0.2) is 36.1 Å². The van der Waals surface area contributed by atoms with Crippen LogP contribution in [0.2, 0.25) is 0 Å². The molecule has 0 saturated carbocycles. The van der Waals surface area contributed by atoms with Gasteiger partial charge < -0.3 is 15.0 Å². The third-order valence-corrected chi connectivity index (χ3v) is 3.58. The maximum absolute atomic E-state index is 12.4. The monoisotopic (exact) mass is 274 g/mol. The van der Waals surface area contributed by atoms with Crippen LogP contribution >= 0.6 is 0 Å². The average molecular weight is 274 g/mol. The van der Waals surface area contributed by atoms with Crippen LogP contribution in [0.5, 0.6) is 0 Å². The van der Waals surface area contributed by atoms with Crippen molar-refractivity contribution in [3.8, 4) is 0 Å². The number of hydrogen-bond donors (Lipinski definition) is 1. The molecule has 1 aliphatic rings. The lowest BCUT2D eigenvalue weighted by atomic mass is 10.1. The quantitative estimate of drug-likeness (QED) is 0.816. The van der Waals surface area contributed by atoms with E-state index in [-0.39, 0.29) is 18.2 Å². The third-order valence-electron chi connectivity index (χ3n) is 3.58. The summed E-state index contributed by atoms with van der Waals surface area (Å²) in [6.07, 6.45) is 1.38. The van der Waals surface area contributed by atoms with Crippen molar-refractivity contribution < 1.29 is 14.4 Å². The molecule has 1 aromatic rings. The summed E-state index contributed by atoms with van der Waals surface area (Å²) in [7, 11) is 1.54. The summed E-state index contributed by atoms with van der Waals surface area (Å²) >= 11 is 0. The van der Waals surface area contributed by atoms with E-state index in [1.165, 1.54) is 7.05 Å². The van der Waals surface area contributed by atoms with Gasteiger partial charge in [-0.15, -0.1) is 0 Å². The van der Waals surface area contributed by atoms with Gasteiger partial charge in [-0.25, -0.2) is 0 Å². The van der Waals surface area contributed by atoms with E-state index in [2.05, 4.69) is 5.32 Å². The SMILES string of the molecule is CNC(=O)C(CCC=O)N1Cc2cc(C)ccc2C1=O. The van der Waals surface area contributed by atoms with Crippen molar-refractivity contribution in [3.63, 3.8) is 0 Å². The number of nitrogens with zero attached hydrogens (tertiary/aromatic N) is 1. The van der Waals surface area contributed by atoms with Crippen LogP contribution in [0.3, 0.4) is 0 Å². The number of aryl methyl sites for hydroxylation is 1. The van der Waals surface area contributed by atoms with Gasteiger partial charge in [0.15, 0.2) is 0 Å². The highest BCUT2D eigenvalue weighted by atomic mass is 16.2. The van der Waals surface area contributed by atoms with E-state index in [9.17, 15) is 14.4 Å². The van der Waals surface area contributed by atoms with Gasteiger partial charge in [0.25, 0.3) is 5.91 Å². The first kappa shape index (κ1) is 14.2. The molecule has 0 radical (unpaired) electrons. The number of nitrogens with one attached hydrogen (secondary N) is 1. The summed E-state index contributed by atoms with van der Waals surface area (Å²) in [6, 6.07) is 5.06. The van der Waals surface area contributed by atoms with Crippen LogP contribution in [0, 0.1) is 6.92 Å². The number of likely N-dealkylation sites (N-methyl/N-ethyl adjacent to an activating group) is 1. The van der Waals surface area contributed by atoms with Gasteiger partial charge in [-0.2, -0.15) is 0 Å². The molecule has 2 rings (SSSR count). The lowest BCUT2D eigenvalue weighted by molar-refractivity contribution is -0.125. The fourth-order valence-corrected chi connectivity index (χ4v) is 2.54. The zero-order valence-corrected chi connectivity index (χ0v) is 11.7. The summed E-state index contributed by atoms with van der Waals surface area (Å²) in [5.74, 6) is -0.371. The zero-order valence-electron chi connectivity index (χ0n) is 11.7. The third kappa shape index (κ3) is 2.57. The minimum atomic E-state index is -0.592. The highest BCUT2D eigenvalue weighted by molar-refractivity contribution is 6.01. The zero-order chi connectivity index (χ0) is 14.7. The van der Waals surface area contributed by atoms with Crippen LogP contribution in [-0.2, 0) is 16.1 Å². The minimum Gasteiger partial charge on any atom is -0.357 e. The Balaban J connectivity index is 2.26. The second-order valence-corrected chi connectivity index (χ2v) is 4.97. The highest BCUT2D eigenvalue weighted by Gasteiger charge is 2.35. The number of fused-ring (bicyclic) bond motifs is 1. The molecule has 0 aliphatic carbocycles. The summed E-state index contributed by atoms with van der Waals surface area (Å²) in [5.41, 5.74) is 2.67. The molecule has 0 saturated heterocycles. The first-order valence-electron chi connectivity index (χ1n) is 6.64. The van der Waals surface area contributed by atoms with E-state index >= 15 is 0 Å². The van der Waals surface area contributed by atoms with Gasteiger partial charge in [0.2, 0.25) is 5.91 Å². The van der Waals surface area contributed by atoms with Crippen LogP contribution in [0.4, 0.5) is 0 Å². The van der Waals surface area contributed by atoms with Crippen molar-refractivity contribution in [1.29, 1.82) is 0 Å². The Kier molecular flexibility index (Phi) is 4.17. The Labute approximate surface area is 118 Å². The lowest BCUT2D eigenvalue weighted by Gasteiger charge is -2.25. The Morgan fingerprint density at radius 2 is 2.25 bits per heavy atom. The molecule has 0 spiro atoms. The molecule has 5 heteroatoms. The van der Waals surface area contributed by atoms with Gasteiger partial charge >= 0.3 is 0 Å². The normalized spacial score (nSPS) is 14.9. The average Bonchev–Trinajstić information content (AvgIpc) is 2.75. The second kappa shape index (κ2) is 5.86. The molecule has 20 heavy (non-hydrogen) atoms. The molecule has 106 valence electrons. The molecule has 0 fully saturated rings. The van der Waals surface area contributed by atoms with Crippen molar-refractivity contribution in [1.82, 2.24) is 10.2 Å². The maximum Gasteiger partial charge on any atom is 0.255 e. The number of carbonyl (C=O) groups is 3. The van der Waals surface area contributed by atoms with E-state index in [0.29, 0.717) is 18.5 Å². The molecule has 1 aromatic carbocycles. The van der Waals surface area contributed by atoms with E-state index in [1.54, 1.807) is 11.0 Å². The van der Waals surface area contributed by atoms with E-state index in [4.69, 9.17) is 0 Å². The van der Waals surface area contributed by atoms with E-state index in [1.807, 2.05) is 19.1 Å². The first-order valence-corrected chi connectivity index (χ1v) is 6.64. The number of aldehydes is 1. The molecule has 2 amide bonds. The largest absolute Gasteiger partial charge is 0.357 e. The Morgan fingerprint density at radius 3 is 2.90 bits per heavy atom. The van der Waals surface area contributed by atoms with Crippen molar-refractivity contribution in [2.45, 2.75) is 32.4 Å². The highest BCUT2D eigenvalue weighted by Crippen LogP contribution is 2.26. The van der Waals surface area contributed by atoms with Gasteiger partial charge in [-0.3, -0.25) is 9.59 Å². The molecule has 1 atom stereocenters. The first-order chi connectivity index (χ1) is 9.58.